The summed E-state index contributed by atoms with van der Waals surface area (Å²) in [6, 6.07) is 5.19. The summed E-state index contributed by atoms with van der Waals surface area (Å²) >= 11 is 0. The Morgan fingerprint density at radius 1 is 1.14 bits per heavy atom. The van der Waals surface area contributed by atoms with E-state index in [9.17, 15) is 0 Å². The lowest BCUT2D eigenvalue weighted by Crippen LogP contribution is -2.45. The second kappa shape index (κ2) is 10.3. The largest absolute Gasteiger partial charge is 0.314 e. The van der Waals surface area contributed by atoms with Crippen LogP contribution in [0.1, 0.15) is 41.1 Å². The third-order valence-electron chi connectivity index (χ3n) is 4.31. The number of hydrogen-bond acceptors (Lipinski definition) is 2. The highest BCUT2D eigenvalue weighted by Crippen LogP contribution is 2.32. The van der Waals surface area contributed by atoms with Crippen molar-refractivity contribution in [2.75, 3.05) is 26.2 Å². The molecular formula is C18H30Cl2N2. The maximum atomic E-state index is 3.90. The van der Waals surface area contributed by atoms with Crippen molar-refractivity contribution in [2.45, 2.75) is 39.7 Å². The summed E-state index contributed by atoms with van der Waals surface area (Å²) in [4.78, 5) is 2.64. The molecule has 126 valence electrons. The van der Waals surface area contributed by atoms with E-state index in [0.717, 1.165) is 32.6 Å². The Morgan fingerprint density at radius 3 is 2.18 bits per heavy atom. The van der Waals surface area contributed by atoms with Gasteiger partial charge in [-0.2, -0.15) is 0 Å². The van der Waals surface area contributed by atoms with Gasteiger partial charge in [-0.15, -0.1) is 31.4 Å². The first kappa shape index (κ1) is 21.5. The molecule has 0 amide bonds. The van der Waals surface area contributed by atoms with Gasteiger partial charge in [0.2, 0.25) is 0 Å². The first-order valence-electron chi connectivity index (χ1n) is 7.77. The number of hydrogen-bond donors (Lipinski definition) is 1. The number of piperazine rings is 1. The SMILES string of the molecule is C=CCC[C@H](c1c(C)cc(C)cc1C)N1CCNCC1.Cl.Cl. The zero-order valence-electron chi connectivity index (χ0n) is 14.0. The number of halogens is 2. The van der Waals surface area contributed by atoms with Crippen molar-refractivity contribution < 1.29 is 0 Å². The summed E-state index contributed by atoms with van der Waals surface area (Å²) in [6.07, 6.45) is 4.31. The number of aryl methyl sites for hydroxylation is 3. The summed E-state index contributed by atoms with van der Waals surface area (Å²) in [7, 11) is 0. The summed E-state index contributed by atoms with van der Waals surface area (Å²) in [5.74, 6) is 0. The first-order chi connectivity index (χ1) is 9.63. The molecule has 1 aliphatic rings. The maximum Gasteiger partial charge on any atom is 0.0357 e. The van der Waals surface area contributed by atoms with Gasteiger partial charge in [-0.1, -0.05) is 23.8 Å². The van der Waals surface area contributed by atoms with Gasteiger partial charge in [0.05, 0.1) is 0 Å². The smallest absolute Gasteiger partial charge is 0.0357 e. The van der Waals surface area contributed by atoms with Crippen LogP contribution in [-0.4, -0.2) is 31.1 Å². The molecule has 0 unspecified atom stereocenters. The topological polar surface area (TPSA) is 15.3 Å². The van der Waals surface area contributed by atoms with Crippen LogP contribution in [-0.2, 0) is 0 Å². The quantitative estimate of drug-likeness (QED) is 0.798. The van der Waals surface area contributed by atoms with E-state index in [4.69, 9.17) is 0 Å². The molecule has 1 saturated heterocycles. The molecule has 0 spiro atoms. The van der Waals surface area contributed by atoms with Crippen molar-refractivity contribution in [3.8, 4) is 0 Å². The molecule has 4 heteroatoms. The fourth-order valence-corrected chi connectivity index (χ4v) is 3.50. The molecule has 1 fully saturated rings. The van der Waals surface area contributed by atoms with Crippen molar-refractivity contribution in [2.24, 2.45) is 0 Å². The molecule has 0 aromatic heterocycles. The van der Waals surface area contributed by atoms with E-state index in [1.165, 1.54) is 23.1 Å². The molecular weight excluding hydrogens is 315 g/mol. The predicted octanol–water partition coefficient (Wildman–Crippen LogP) is 4.37. The minimum atomic E-state index is 0. The molecule has 1 atom stereocenters. The van der Waals surface area contributed by atoms with Crippen LogP contribution in [0.2, 0.25) is 0 Å². The van der Waals surface area contributed by atoms with E-state index in [2.05, 4.69) is 49.7 Å². The fourth-order valence-electron chi connectivity index (χ4n) is 3.50. The number of nitrogens with zero attached hydrogens (tertiary/aromatic N) is 1. The lowest BCUT2D eigenvalue weighted by atomic mass is 9.90. The van der Waals surface area contributed by atoms with Gasteiger partial charge in [-0.05, 0) is 50.3 Å². The molecule has 2 nitrogen and oxygen atoms in total. The van der Waals surface area contributed by atoms with Crippen molar-refractivity contribution in [1.29, 1.82) is 0 Å². The molecule has 0 aliphatic carbocycles. The van der Waals surface area contributed by atoms with Crippen LogP contribution in [0, 0.1) is 20.8 Å². The average molecular weight is 345 g/mol. The lowest BCUT2D eigenvalue weighted by molar-refractivity contribution is 0.165. The molecule has 1 aromatic rings. The summed E-state index contributed by atoms with van der Waals surface area (Å²) in [6.45, 7) is 15.1. The zero-order valence-corrected chi connectivity index (χ0v) is 15.7. The Bertz CT molecular complexity index is 445. The number of benzene rings is 1. The van der Waals surface area contributed by atoms with Gasteiger partial charge in [0, 0.05) is 32.2 Å². The molecule has 1 aliphatic heterocycles. The molecule has 1 N–H and O–H groups in total. The Morgan fingerprint density at radius 2 is 1.68 bits per heavy atom. The summed E-state index contributed by atoms with van der Waals surface area (Å²) in [5.41, 5.74) is 5.79. The van der Waals surface area contributed by atoms with Gasteiger partial charge in [-0.3, -0.25) is 4.90 Å². The molecule has 1 aromatic carbocycles. The molecule has 22 heavy (non-hydrogen) atoms. The zero-order chi connectivity index (χ0) is 14.5. The number of rotatable bonds is 5. The Balaban J connectivity index is 0.00000220. The fraction of sp³-hybridized carbons (Fsp3) is 0.556. The van der Waals surface area contributed by atoms with Crippen LogP contribution in [0.4, 0.5) is 0 Å². The van der Waals surface area contributed by atoms with E-state index in [1.54, 1.807) is 5.56 Å². The minimum absolute atomic E-state index is 0. The lowest BCUT2D eigenvalue weighted by Gasteiger charge is -2.37. The van der Waals surface area contributed by atoms with Crippen molar-refractivity contribution >= 4 is 24.8 Å². The van der Waals surface area contributed by atoms with E-state index in [-0.39, 0.29) is 24.8 Å². The van der Waals surface area contributed by atoms with Gasteiger partial charge < -0.3 is 5.32 Å². The van der Waals surface area contributed by atoms with Gasteiger partial charge in [-0.25, -0.2) is 0 Å². The summed E-state index contributed by atoms with van der Waals surface area (Å²) < 4.78 is 0. The van der Waals surface area contributed by atoms with E-state index in [0.29, 0.717) is 6.04 Å². The second-order valence-electron chi connectivity index (χ2n) is 5.98. The molecule has 0 radical (unpaired) electrons. The van der Waals surface area contributed by atoms with E-state index >= 15 is 0 Å². The van der Waals surface area contributed by atoms with Gasteiger partial charge in [0.25, 0.3) is 0 Å². The molecule has 0 saturated carbocycles. The van der Waals surface area contributed by atoms with Crippen LogP contribution in [0.3, 0.4) is 0 Å². The third-order valence-corrected chi connectivity index (χ3v) is 4.31. The second-order valence-corrected chi connectivity index (χ2v) is 5.98. The van der Waals surface area contributed by atoms with Crippen molar-refractivity contribution in [3.63, 3.8) is 0 Å². The van der Waals surface area contributed by atoms with Crippen LogP contribution >= 0.6 is 24.8 Å². The highest BCUT2D eigenvalue weighted by Gasteiger charge is 2.24. The van der Waals surface area contributed by atoms with Crippen LogP contribution in [0.15, 0.2) is 24.8 Å². The first-order valence-corrected chi connectivity index (χ1v) is 7.77. The van der Waals surface area contributed by atoms with Crippen molar-refractivity contribution in [3.05, 3.63) is 47.0 Å². The summed E-state index contributed by atoms with van der Waals surface area (Å²) in [5, 5.41) is 3.45. The van der Waals surface area contributed by atoms with Crippen LogP contribution in [0.25, 0.3) is 0 Å². The van der Waals surface area contributed by atoms with Crippen LogP contribution < -0.4 is 5.32 Å². The standard InChI is InChI=1S/C18H28N2.2ClH/c1-5-6-7-17(20-10-8-19-9-11-20)18-15(3)12-14(2)13-16(18)4;;/h5,12-13,17,19H,1,6-11H2,2-4H3;2*1H/t17-;;/m1../s1. The van der Waals surface area contributed by atoms with Gasteiger partial charge in [0.15, 0.2) is 0 Å². The van der Waals surface area contributed by atoms with E-state index < -0.39 is 0 Å². The average Bonchev–Trinajstić information content (AvgIpc) is 2.42. The predicted molar refractivity (Wildman–Crippen MR) is 102 cm³/mol. The molecule has 1 heterocycles. The Labute approximate surface area is 148 Å². The Kier molecular flexibility index (Phi) is 10.0. The molecule has 0 bridgehead atoms. The highest BCUT2D eigenvalue weighted by molar-refractivity contribution is 5.85. The van der Waals surface area contributed by atoms with E-state index in [1.807, 2.05) is 6.08 Å². The minimum Gasteiger partial charge on any atom is -0.314 e. The molecule has 2 rings (SSSR count). The van der Waals surface area contributed by atoms with Gasteiger partial charge >= 0.3 is 0 Å². The maximum absolute atomic E-state index is 3.90. The van der Waals surface area contributed by atoms with Crippen LogP contribution in [0.5, 0.6) is 0 Å². The number of nitrogens with one attached hydrogen (secondary N) is 1. The Hall–Kier alpha value is -0.540. The highest BCUT2D eigenvalue weighted by atomic mass is 35.5. The van der Waals surface area contributed by atoms with Crippen molar-refractivity contribution in [1.82, 2.24) is 10.2 Å². The monoisotopic (exact) mass is 344 g/mol. The number of allylic oxidation sites excluding steroid dienone is 1. The normalized spacial score (nSPS) is 16.3. The third kappa shape index (κ3) is 5.27. The van der Waals surface area contributed by atoms with Gasteiger partial charge in [0.1, 0.15) is 0 Å².